The minimum Gasteiger partial charge on any atom is -0.348 e. The van der Waals surface area contributed by atoms with Crippen molar-refractivity contribution in [3.05, 3.63) is 35.0 Å². The lowest BCUT2D eigenvalue weighted by atomic mass is 9.88. The Hall–Kier alpha value is -1.28. The van der Waals surface area contributed by atoms with Crippen LogP contribution in [0.15, 0.2) is 18.2 Å². The Labute approximate surface area is 109 Å². The second kappa shape index (κ2) is 3.86. The molecule has 2 aromatic rings. The van der Waals surface area contributed by atoms with Crippen LogP contribution in [0.5, 0.6) is 0 Å². The largest absolute Gasteiger partial charge is 0.348 e. The van der Waals surface area contributed by atoms with Gasteiger partial charge < -0.3 is 10.3 Å². The Morgan fingerprint density at radius 3 is 2.50 bits per heavy atom. The zero-order valence-electron chi connectivity index (χ0n) is 11.6. The van der Waals surface area contributed by atoms with E-state index in [4.69, 9.17) is 5.73 Å². The third-order valence-corrected chi connectivity index (χ3v) is 4.88. The number of rotatable bonds is 1. The SMILES string of the molecule is Cc1c(C)n(C)c2ccc(C3(N)CCCC3)cc12. The highest BCUT2D eigenvalue weighted by Crippen LogP contribution is 2.38. The van der Waals surface area contributed by atoms with Crippen molar-refractivity contribution in [1.82, 2.24) is 4.57 Å². The topological polar surface area (TPSA) is 30.9 Å². The molecule has 18 heavy (non-hydrogen) atoms. The van der Waals surface area contributed by atoms with E-state index in [1.54, 1.807) is 0 Å². The molecule has 0 spiro atoms. The fourth-order valence-corrected chi connectivity index (χ4v) is 3.36. The van der Waals surface area contributed by atoms with Gasteiger partial charge in [-0.2, -0.15) is 0 Å². The van der Waals surface area contributed by atoms with Crippen molar-refractivity contribution >= 4 is 10.9 Å². The Kier molecular flexibility index (Phi) is 2.53. The van der Waals surface area contributed by atoms with Crippen LogP contribution in [0.4, 0.5) is 0 Å². The molecule has 96 valence electrons. The monoisotopic (exact) mass is 242 g/mol. The highest BCUT2D eigenvalue weighted by atomic mass is 14.9. The molecule has 0 bridgehead atoms. The van der Waals surface area contributed by atoms with Crippen molar-refractivity contribution in [2.24, 2.45) is 12.8 Å². The van der Waals surface area contributed by atoms with Crippen molar-refractivity contribution in [2.45, 2.75) is 45.1 Å². The summed E-state index contributed by atoms with van der Waals surface area (Å²) in [5.41, 5.74) is 11.8. The predicted molar refractivity (Wildman–Crippen MR) is 76.7 cm³/mol. The summed E-state index contributed by atoms with van der Waals surface area (Å²) in [6, 6.07) is 6.78. The number of hydrogen-bond acceptors (Lipinski definition) is 1. The van der Waals surface area contributed by atoms with E-state index < -0.39 is 0 Å². The summed E-state index contributed by atoms with van der Waals surface area (Å²) in [7, 11) is 2.14. The Morgan fingerprint density at radius 1 is 1.17 bits per heavy atom. The molecule has 0 amide bonds. The molecule has 0 unspecified atom stereocenters. The molecule has 0 radical (unpaired) electrons. The minimum atomic E-state index is -0.0790. The summed E-state index contributed by atoms with van der Waals surface area (Å²) in [4.78, 5) is 0. The second-order valence-corrected chi connectivity index (χ2v) is 5.86. The molecule has 0 atom stereocenters. The van der Waals surface area contributed by atoms with E-state index in [1.807, 2.05) is 0 Å². The highest BCUT2D eigenvalue weighted by molar-refractivity contribution is 5.86. The van der Waals surface area contributed by atoms with E-state index in [1.165, 1.54) is 40.6 Å². The molecule has 3 rings (SSSR count). The Morgan fingerprint density at radius 2 is 1.83 bits per heavy atom. The van der Waals surface area contributed by atoms with Gasteiger partial charge in [0.2, 0.25) is 0 Å². The van der Waals surface area contributed by atoms with Gasteiger partial charge in [-0.3, -0.25) is 0 Å². The molecular formula is C16H22N2. The maximum absolute atomic E-state index is 6.56. The second-order valence-electron chi connectivity index (χ2n) is 5.86. The van der Waals surface area contributed by atoms with Gasteiger partial charge in [-0.1, -0.05) is 18.9 Å². The average molecular weight is 242 g/mol. The molecule has 0 aliphatic heterocycles. The summed E-state index contributed by atoms with van der Waals surface area (Å²) in [5, 5.41) is 1.37. The van der Waals surface area contributed by atoms with Gasteiger partial charge in [0.05, 0.1) is 0 Å². The summed E-state index contributed by atoms with van der Waals surface area (Å²) < 4.78 is 2.27. The lowest BCUT2D eigenvalue weighted by Gasteiger charge is -2.24. The third-order valence-electron chi connectivity index (χ3n) is 4.88. The molecule has 1 aliphatic carbocycles. The van der Waals surface area contributed by atoms with Crippen LogP contribution in [-0.2, 0) is 12.6 Å². The first-order chi connectivity index (χ1) is 8.53. The molecule has 1 saturated carbocycles. The van der Waals surface area contributed by atoms with Crippen molar-refractivity contribution in [3.8, 4) is 0 Å². The normalized spacial score (nSPS) is 18.7. The fourth-order valence-electron chi connectivity index (χ4n) is 3.36. The smallest absolute Gasteiger partial charge is 0.0482 e. The molecule has 1 aromatic carbocycles. The number of nitrogens with two attached hydrogens (primary N) is 1. The molecule has 2 nitrogen and oxygen atoms in total. The van der Waals surface area contributed by atoms with Crippen LogP contribution in [0, 0.1) is 13.8 Å². The number of fused-ring (bicyclic) bond motifs is 1. The van der Waals surface area contributed by atoms with Crippen LogP contribution in [0.25, 0.3) is 10.9 Å². The van der Waals surface area contributed by atoms with Crippen LogP contribution >= 0.6 is 0 Å². The van der Waals surface area contributed by atoms with Gasteiger partial charge in [-0.05, 0) is 49.9 Å². The highest BCUT2D eigenvalue weighted by Gasteiger charge is 2.31. The summed E-state index contributed by atoms with van der Waals surface area (Å²) in [6.07, 6.45) is 4.79. The number of benzene rings is 1. The summed E-state index contributed by atoms with van der Waals surface area (Å²) >= 11 is 0. The van der Waals surface area contributed by atoms with E-state index in [0.717, 1.165) is 12.8 Å². The van der Waals surface area contributed by atoms with Gasteiger partial charge in [0.25, 0.3) is 0 Å². The van der Waals surface area contributed by atoms with E-state index in [2.05, 4.69) is 43.7 Å². The van der Waals surface area contributed by atoms with Gasteiger partial charge in [-0.15, -0.1) is 0 Å². The van der Waals surface area contributed by atoms with Gasteiger partial charge in [0.15, 0.2) is 0 Å². The first-order valence-electron chi connectivity index (χ1n) is 6.88. The number of nitrogens with zero attached hydrogens (tertiary/aromatic N) is 1. The summed E-state index contributed by atoms with van der Waals surface area (Å²) in [5.74, 6) is 0. The van der Waals surface area contributed by atoms with Gasteiger partial charge in [0, 0.05) is 29.2 Å². The van der Waals surface area contributed by atoms with Crippen molar-refractivity contribution < 1.29 is 0 Å². The molecule has 2 N–H and O–H groups in total. The molecule has 0 saturated heterocycles. The van der Waals surface area contributed by atoms with Crippen LogP contribution in [0.1, 0.15) is 42.5 Å². The zero-order chi connectivity index (χ0) is 12.9. The quantitative estimate of drug-likeness (QED) is 0.815. The van der Waals surface area contributed by atoms with E-state index >= 15 is 0 Å². The van der Waals surface area contributed by atoms with Crippen LogP contribution in [0.2, 0.25) is 0 Å². The number of aryl methyl sites for hydroxylation is 2. The molecule has 1 aromatic heterocycles. The first kappa shape index (κ1) is 11.8. The van der Waals surface area contributed by atoms with E-state index in [0.29, 0.717) is 0 Å². The van der Waals surface area contributed by atoms with Crippen molar-refractivity contribution in [1.29, 1.82) is 0 Å². The van der Waals surface area contributed by atoms with Gasteiger partial charge in [-0.25, -0.2) is 0 Å². The van der Waals surface area contributed by atoms with Crippen molar-refractivity contribution in [3.63, 3.8) is 0 Å². The minimum absolute atomic E-state index is 0.0790. The standard InChI is InChI=1S/C16H22N2/c1-11-12(2)18(3)15-7-6-13(10-14(11)15)16(17)8-4-5-9-16/h6-7,10H,4-5,8-9,17H2,1-3H3. The first-order valence-corrected chi connectivity index (χ1v) is 6.88. The van der Waals surface area contributed by atoms with Gasteiger partial charge >= 0.3 is 0 Å². The predicted octanol–water partition coefficient (Wildman–Crippen LogP) is 3.52. The van der Waals surface area contributed by atoms with Crippen LogP contribution < -0.4 is 5.73 Å². The maximum Gasteiger partial charge on any atom is 0.0482 e. The number of aromatic nitrogens is 1. The van der Waals surface area contributed by atoms with E-state index in [-0.39, 0.29) is 5.54 Å². The fraction of sp³-hybridized carbons (Fsp3) is 0.500. The van der Waals surface area contributed by atoms with Crippen molar-refractivity contribution in [2.75, 3.05) is 0 Å². The Bertz CT molecular complexity index is 601. The van der Waals surface area contributed by atoms with Crippen LogP contribution in [0.3, 0.4) is 0 Å². The summed E-state index contributed by atoms with van der Waals surface area (Å²) in [6.45, 7) is 4.39. The lowest BCUT2D eigenvalue weighted by Crippen LogP contribution is -2.32. The zero-order valence-corrected chi connectivity index (χ0v) is 11.6. The van der Waals surface area contributed by atoms with E-state index in [9.17, 15) is 0 Å². The molecule has 1 aliphatic rings. The third kappa shape index (κ3) is 1.52. The van der Waals surface area contributed by atoms with Gasteiger partial charge in [0.1, 0.15) is 0 Å². The lowest BCUT2D eigenvalue weighted by molar-refractivity contribution is 0.462. The number of hydrogen-bond donors (Lipinski definition) is 1. The maximum atomic E-state index is 6.56. The molecular weight excluding hydrogens is 220 g/mol. The molecule has 2 heteroatoms. The average Bonchev–Trinajstić information content (AvgIpc) is 2.90. The molecule has 1 fully saturated rings. The van der Waals surface area contributed by atoms with Crippen LogP contribution in [-0.4, -0.2) is 4.57 Å². The molecule has 1 heterocycles. The Balaban J connectivity index is 2.19.